The molecule has 2 heterocycles. The predicted molar refractivity (Wildman–Crippen MR) is 73.6 cm³/mol. The number of amides is 1. The van der Waals surface area contributed by atoms with Crippen LogP contribution in [0.15, 0.2) is 6.33 Å². The van der Waals surface area contributed by atoms with Gasteiger partial charge in [-0.25, -0.2) is 4.52 Å². The Morgan fingerprint density at radius 2 is 2.14 bits per heavy atom. The fraction of sp³-hybridized carbons (Fsp3) is 0.462. The highest BCUT2D eigenvalue weighted by Gasteiger charge is 2.13. The van der Waals surface area contributed by atoms with Gasteiger partial charge in [0.25, 0.3) is 0 Å². The normalized spacial score (nSPS) is 10.6. The van der Waals surface area contributed by atoms with Gasteiger partial charge < -0.3 is 10.1 Å². The van der Waals surface area contributed by atoms with E-state index in [1.165, 1.54) is 7.11 Å². The summed E-state index contributed by atoms with van der Waals surface area (Å²) < 4.78 is 6.08. The average Bonchev–Trinajstić information content (AvgIpc) is 2.92. The van der Waals surface area contributed by atoms with Crippen molar-refractivity contribution in [1.82, 2.24) is 25.1 Å². The van der Waals surface area contributed by atoms with Crippen molar-refractivity contribution < 1.29 is 14.3 Å². The summed E-state index contributed by atoms with van der Waals surface area (Å²) in [5.74, 6) is -0.678. The van der Waals surface area contributed by atoms with Crippen molar-refractivity contribution in [3.05, 3.63) is 23.1 Å². The fourth-order valence-corrected chi connectivity index (χ4v) is 2.12. The second-order valence-corrected chi connectivity index (χ2v) is 4.64. The van der Waals surface area contributed by atoms with Gasteiger partial charge in [0.15, 0.2) is 5.65 Å². The number of carbonyl (C=O) groups is 2. The van der Waals surface area contributed by atoms with Gasteiger partial charge >= 0.3 is 5.97 Å². The average molecular weight is 291 g/mol. The maximum Gasteiger partial charge on any atom is 0.325 e. The molecule has 21 heavy (non-hydrogen) atoms. The molecule has 0 unspecified atom stereocenters. The zero-order chi connectivity index (χ0) is 15.4. The number of nitrogens with zero attached hydrogens (tertiary/aromatic N) is 4. The van der Waals surface area contributed by atoms with Gasteiger partial charge in [0.05, 0.1) is 12.8 Å². The van der Waals surface area contributed by atoms with E-state index in [0.717, 1.165) is 16.8 Å². The molecule has 0 saturated heterocycles. The van der Waals surface area contributed by atoms with Crippen molar-refractivity contribution in [2.24, 2.45) is 0 Å². The van der Waals surface area contributed by atoms with E-state index in [4.69, 9.17) is 0 Å². The molecule has 2 rings (SSSR count). The Hall–Kier alpha value is -2.51. The standard InChI is InChI=1S/C13H17N5O3/c1-8-10(4-5-11(19)14-6-12(20)21-3)9(2)17-18-7-15-16-13(8)18/h7H,4-6H2,1-3H3,(H,14,19). The first-order valence-electron chi connectivity index (χ1n) is 6.52. The third kappa shape index (κ3) is 3.33. The van der Waals surface area contributed by atoms with Crippen molar-refractivity contribution in [3.63, 3.8) is 0 Å². The molecule has 1 amide bonds. The summed E-state index contributed by atoms with van der Waals surface area (Å²) in [6, 6.07) is 0. The molecule has 0 radical (unpaired) electrons. The lowest BCUT2D eigenvalue weighted by atomic mass is 10.0. The maximum atomic E-state index is 11.7. The van der Waals surface area contributed by atoms with E-state index in [9.17, 15) is 9.59 Å². The summed E-state index contributed by atoms with van der Waals surface area (Å²) in [5.41, 5.74) is 3.45. The van der Waals surface area contributed by atoms with Crippen molar-refractivity contribution in [1.29, 1.82) is 0 Å². The molecule has 0 aliphatic carbocycles. The molecule has 0 fully saturated rings. The van der Waals surface area contributed by atoms with Crippen LogP contribution in [-0.2, 0) is 20.7 Å². The van der Waals surface area contributed by atoms with E-state index in [2.05, 4.69) is 25.3 Å². The number of nitrogens with one attached hydrogen (secondary N) is 1. The van der Waals surface area contributed by atoms with Gasteiger partial charge in [0.2, 0.25) is 5.91 Å². The van der Waals surface area contributed by atoms with Crippen LogP contribution in [0, 0.1) is 13.8 Å². The van der Waals surface area contributed by atoms with Crippen LogP contribution in [0.2, 0.25) is 0 Å². The highest BCUT2D eigenvalue weighted by Crippen LogP contribution is 2.17. The predicted octanol–water partition coefficient (Wildman–Crippen LogP) is -0.0371. The number of aryl methyl sites for hydroxylation is 2. The van der Waals surface area contributed by atoms with Gasteiger partial charge in [-0.2, -0.15) is 5.10 Å². The molecule has 112 valence electrons. The number of hydrogen-bond donors (Lipinski definition) is 1. The Morgan fingerprint density at radius 3 is 2.86 bits per heavy atom. The molecule has 0 saturated carbocycles. The first-order chi connectivity index (χ1) is 10.0. The third-order valence-corrected chi connectivity index (χ3v) is 3.27. The number of fused-ring (bicyclic) bond motifs is 1. The van der Waals surface area contributed by atoms with Crippen molar-refractivity contribution in [2.75, 3.05) is 13.7 Å². The van der Waals surface area contributed by atoms with Crippen molar-refractivity contribution >= 4 is 17.5 Å². The molecule has 0 aliphatic heterocycles. The van der Waals surface area contributed by atoms with Gasteiger partial charge in [-0.15, -0.1) is 10.2 Å². The van der Waals surface area contributed by atoms with Crippen LogP contribution < -0.4 is 5.32 Å². The largest absolute Gasteiger partial charge is 0.468 e. The SMILES string of the molecule is COC(=O)CNC(=O)CCc1c(C)nn2cnnc2c1C. The monoisotopic (exact) mass is 291 g/mol. The van der Waals surface area contributed by atoms with Crippen LogP contribution >= 0.6 is 0 Å². The Bertz CT molecular complexity index is 680. The number of methoxy groups -OCH3 is 1. The van der Waals surface area contributed by atoms with E-state index in [0.29, 0.717) is 12.1 Å². The van der Waals surface area contributed by atoms with Gasteiger partial charge in [-0.05, 0) is 25.8 Å². The zero-order valence-corrected chi connectivity index (χ0v) is 12.2. The van der Waals surface area contributed by atoms with E-state index < -0.39 is 5.97 Å². The third-order valence-electron chi connectivity index (χ3n) is 3.27. The second-order valence-electron chi connectivity index (χ2n) is 4.64. The summed E-state index contributed by atoms with van der Waals surface area (Å²) >= 11 is 0. The number of hydrogen-bond acceptors (Lipinski definition) is 6. The minimum absolute atomic E-state index is 0.116. The minimum atomic E-state index is -0.470. The molecule has 0 spiro atoms. The zero-order valence-electron chi connectivity index (χ0n) is 12.2. The van der Waals surface area contributed by atoms with Gasteiger partial charge in [0, 0.05) is 12.0 Å². The topological polar surface area (TPSA) is 98.5 Å². The van der Waals surface area contributed by atoms with Crippen LogP contribution in [0.25, 0.3) is 5.65 Å². The smallest absolute Gasteiger partial charge is 0.325 e. The molecule has 2 aromatic heterocycles. The summed E-state index contributed by atoms with van der Waals surface area (Å²) in [7, 11) is 1.28. The molecular weight excluding hydrogens is 274 g/mol. The van der Waals surface area contributed by atoms with Gasteiger partial charge in [-0.3, -0.25) is 9.59 Å². The molecule has 0 aromatic carbocycles. The van der Waals surface area contributed by atoms with Gasteiger partial charge in [-0.1, -0.05) is 0 Å². The Labute approximate surface area is 121 Å². The number of aromatic nitrogens is 4. The van der Waals surface area contributed by atoms with Crippen LogP contribution in [-0.4, -0.2) is 45.3 Å². The molecule has 0 aliphatic rings. The van der Waals surface area contributed by atoms with E-state index >= 15 is 0 Å². The van der Waals surface area contributed by atoms with Crippen LogP contribution in [0.5, 0.6) is 0 Å². The maximum absolute atomic E-state index is 11.7. The quantitative estimate of drug-likeness (QED) is 0.776. The Kier molecular flexibility index (Phi) is 4.46. The van der Waals surface area contributed by atoms with Crippen LogP contribution in [0.4, 0.5) is 0 Å². The minimum Gasteiger partial charge on any atom is -0.468 e. The number of carbonyl (C=O) groups excluding carboxylic acids is 2. The van der Waals surface area contributed by atoms with Crippen molar-refractivity contribution in [2.45, 2.75) is 26.7 Å². The highest BCUT2D eigenvalue weighted by molar-refractivity contribution is 5.82. The lowest BCUT2D eigenvalue weighted by molar-refractivity contribution is -0.141. The number of ether oxygens (including phenoxy) is 1. The van der Waals surface area contributed by atoms with E-state index in [1.807, 2.05) is 13.8 Å². The molecule has 0 atom stereocenters. The summed E-state index contributed by atoms with van der Waals surface area (Å²) in [6.45, 7) is 3.70. The molecule has 1 N–H and O–H groups in total. The highest BCUT2D eigenvalue weighted by atomic mass is 16.5. The Balaban J connectivity index is 2.03. The second kappa shape index (κ2) is 6.29. The lowest BCUT2D eigenvalue weighted by Gasteiger charge is -2.10. The van der Waals surface area contributed by atoms with Crippen LogP contribution in [0.3, 0.4) is 0 Å². The molecule has 8 heteroatoms. The summed E-state index contributed by atoms with van der Waals surface area (Å²) in [4.78, 5) is 22.7. The van der Waals surface area contributed by atoms with E-state index in [1.54, 1.807) is 10.8 Å². The molecule has 0 bridgehead atoms. The number of rotatable bonds is 5. The van der Waals surface area contributed by atoms with Crippen LogP contribution in [0.1, 0.15) is 23.2 Å². The number of esters is 1. The molecule has 8 nitrogen and oxygen atoms in total. The van der Waals surface area contributed by atoms with Gasteiger partial charge in [0.1, 0.15) is 12.9 Å². The molecule has 2 aromatic rings. The summed E-state index contributed by atoms with van der Waals surface area (Å²) in [6.07, 6.45) is 2.34. The Morgan fingerprint density at radius 1 is 1.38 bits per heavy atom. The first kappa shape index (κ1) is 14.9. The lowest BCUT2D eigenvalue weighted by Crippen LogP contribution is -2.30. The fourth-order valence-electron chi connectivity index (χ4n) is 2.12. The van der Waals surface area contributed by atoms with E-state index in [-0.39, 0.29) is 18.9 Å². The summed E-state index contributed by atoms with van der Waals surface area (Å²) in [5, 5.41) is 14.7. The van der Waals surface area contributed by atoms with Crippen molar-refractivity contribution in [3.8, 4) is 0 Å². The first-order valence-corrected chi connectivity index (χ1v) is 6.52. The molecular formula is C13H17N5O3.